The summed E-state index contributed by atoms with van der Waals surface area (Å²) in [7, 11) is 0. The number of aliphatic imine (C=N–C) groups is 1. The van der Waals surface area contributed by atoms with Gasteiger partial charge >= 0.3 is 0 Å². The number of hydrogen-bond acceptors (Lipinski definition) is 5. The average Bonchev–Trinajstić information content (AvgIpc) is 2.75. The van der Waals surface area contributed by atoms with Crippen LogP contribution in [0.4, 0.5) is 4.39 Å². The van der Waals surface area contributed by atoms with Crippen LogP contribution in [0.2, 0.25) is 0 Å². The highest BCUT2D eigenvalue weighted by molar-refractivity contribution is 5.97. The Morgan fingerprint density at radius 3 is 2.72 bits per heavy atom. The van der Waals surface area contributed by atoms with Crippen LogP contribution in [0.25, 0.3) is 0 Å². The Hall–Kier alpha value is -2.38. The van der Waals surface area contributed by atoms with Crippen LogP contribution in [0.15, 0.2) is 41.4 Å². The van der Waals surface area contributed by atoms with Gasteiger partial charge in [0, 0.05) is 12.8 Å². The molecule has 3 unspecified atom stereocenters. The molecule has 0 spiro atoms. The van der Waals surface area contributed by atoms with Gasteiger partial charge in [-0.25, -0.2) is 4.39 Å². The first kappa shape index (κ1) is 19.0. The maximum atomic E-state index is 12.9. The van der Waals surface area contributed by atoms with Crippen LogP contribution in [0, 0.1) is 5.82 Å². The molecule has 0 saturated heterocycles. The van der Waals surface area contributed by atoms with Gasteiger partial charge in [0.05, 0.1) is 12.1 Å². The Balaban J connectivity index is 1.85. The number of nitrogens with one attached hydrogen (secondary N) is 2. The maximum absolute atomic E-state index is 12.9. The Morgan fingerprint density at radius 2 is 2.04 bits per heavy atom. The summed E-state index contributed by atoms with van der Waals surface area (Å²) < 4.78 is 12.9. The van der Waals surface area contributed by atoms with Crippen LogP contribution < -0.4 is 10.6 Å². The molecule has 1 aromatic carbocycles. The monoisotopic (exact) mass is 347 g/mol. The fourth-order valence-corrected chi connectivity index (χ4v) is 2.35. The molecular weight excluding hydrogens is 325 g/mol. The van der Waals surface area contributed by atoms with Gasteiger partial charge in [-0.3, -0.25) is 14.6 Å². The van der Waals surface area contributed by atoms with Crippen molar-refractivity contribution in [3.63, 3.8) is 0 Å². The summed E-state index contributed by atoms with van der Waals surface area (Å²) in [5, 5.41) is 15.6. The third-order valence-electron chi connectivity index (χ3n) is 3.98. The highest BCUT2D eigenvalue weighted by atomic mass is 19.1. The first-order valence-electron chi connectivity index (χ1n) is 8.09. The van der Waals surface area contributed by atoms with Crippen molar-refractivity contribution in [3.05, 3.63) is 47.8 Å². The number of aliphatic hydroxyl groups is 1. The predicted molar refractivity (Wildman–Crippen MR) is 92.9 cm³/mol. The zero-order valence-corrected chi connectivity index (χ0v) is 14.1. The third-order valence-corrected chi connectivity index (χ3v) is 3.98. The van der Waals surface area contributed by atoms with E-state index in [0.29, 0.717) is 5.56 Å². The average molecular weight is 347 g/mol. The standard InChI is InChI=1S/C18H22FN3O3/c1-11-17(24)15(4-3-9-20-11)22-18(25)12(2)21-10-16(23)13-5-7-14(19)8-6-13/h3-9,11-12,15-16,21,23H,10H2,1-2H3,(H,22,25)/t11?,12-,15?,16?/m0/s1. The van der Waals surface area contributed by atoms with Crippen LogP contribution in [-0.4, -0.2) is 47.7 Å². The lowest BCUT2D eigenvalue weighted by Crippen LogP contribution is -2.50. The minimum absolute atomic E-state index is 0.119. The number of nitrogens with zero attached hydrogens (tertiary/aromatic N) is 1. The highest BCUT2D eigenvalue weighted by Gasteiger charge is 2.25. The number of allylic oxidation sites excluding steroid dienone is 1. The summed E-state index contributed by atoms with van der Waals surface area (Å²) in [5.41, 5.74) is 0.550. The van der Waals surface area contributed by atoms with Gasteiger partial charge in [0.25, 0.3) is 0 Å². The Kier molecular flexibility index (Phi) is 6.55. The molecule has 6 nitrogen and oxygen atoms in total. The van der Waals surface area contributed by atoms with Crippen molar-refractivity contribution in [2.24, 2.45) is 4.99 Å². The van der Waals surface area contributed by atoms with Crippen molar-refractivity contribution < 1.29 is 19.1 Å². The van der Waals surface area contributed by atoms with E-state index in [-0.39, 0.29) is 24.1 Å². The molecular formula is C18H22FN3O3. The zero-order valence-electron chi connectivity index (χ0n) is 14.1. The summed E-state index contributed by atoms with van der Waals surface area (Å²) >= 11 is 0. The van der Waals surface area contributed by atoms with Gasteiger partial charge in [0.1, 0.15) is 17.9 Å². The minimum Gasteiger partial charge on any atom is -0.387 e. The van der Waals surface area contributed by atoms with E-state index < -0.39 is 24.2 Å². The van der Waals surface area contributed by atoms with Gasteiger partial charge in [-0.15, -0.1) is 0 Å². The highest BCUT2D eigenvalue weighted by Crippen LogP contribution is 2.12. The molecule has 1 amide bonds. The van der Waals surface area contributed by atoms with E-state index >= 15 is 0 Å². The number of benzene rings is 1. The van der Waals surface area contributed by atoms with Crippen LogP contribution in [0.1, 0.15) is 25.5 Å². The lowest BCUT2D eigenvalue weighted by atomic mass is 10.1. The van der Waals surface area contributed by atoms with E-state index in [2.05, 4.69) is 15.6 Å². The smallest absolute Gasteiger partial charge is 0.237 e. The summed E-state index contributed by atoms with van der Waals surface area (Å²) in [5.74, 6) is -0.920. The number of Topliss-reactive ketones (excluding diaryl/α,β-unsaturated/α-hetero) is 1. The molecule has 4 atom stereocenters. The zero-order chi connectivity index (χ0) is 18.4. The third kappa shape index (κ3) is 5.30. The number of amides is 1. The van der Waals surface area contributed by atoms with E-state index in [0.717, 1.165) is 0 Å². The fraction of sp³-hybridized carbons (Fsp3) is 0.389. The molecule has 0 saturated carbocycles. The SMILES string of the molecule is CC1N=CC=CC(NC(=O)[C@H](C)NCC(O)c2ccc(F)cc2)C1=O. The number of ketones is 1. The Morgan fingerprint density at radius 1 is 1.36 bits per heavy atom. The molecule has 25 heavy (non-hydrogen) atoms. The topological polar surface area (TPSA) is 90.8 Å². The van der Waals surface area contributed by atoms with Crippen LogP contribution in [0.5, 0.6) is 0 Å². The molecule has 134 valence electrons. The van der Waals surface area contributed by atoms with E-state index in [9.17, 15) is 19.1 Å². The van der Waals surface area contributed by atoms with Gasteiger partial charge in [0.15, 0.2) is 5.78 Å². The fourth-order valence-electron chi connectivity index (χ4n) is 2.35. The molecule has 0 radical (unpaired) electrons. The summed E-state index contributed by atoms with van der Waals surface area (Å²) in [4.78, 5) is 28.4. The van der Waals surface area contributed by atoms with Crippen molar-refractivity contribution in [1.82, 2.24) is 10.6 Å². The quantitative estimate of drug-likeness (QED) is 0.714. The Bertz CT molecular complexity index is 673. The van der Waals surface area contributed by atoms with Crippen molar-refractivity contribution in [2.45, 2.75) is 38.1 Å². The number of hydrogen-bond donors (Lipinski definition) is 3. The molecule has 2 rings (SSSR count). The lowest BCUT2D eigenvalue weighted by molar-refractivity contribution is -0.128. The van der Waals surface area contributed by atoms with E-state index in [1.54, 1.807) is 26.0 Å². The molecule has 3 N–H and O–H groups in total. The summed E-state index contributed by atoms with van der Waals surface area (Å²) in [6.45, 7) is 3.43. The Labute approximate surface area is 145 Å². The van der Waals surface area contributed by atoms with E-state index in [1.807, 2.05) is 0 Å². The summed E-state index contributed by atoms with van der Waals surface area (Å²) in [6, 6.07) is 3.66. The van der Waals surface area contributed by atoms with Gasteiger partial charge in [-0.1, -0.05) is 18.2 Å². The molecule has 0 fully saturated rings. The predicted octanol–water partition coefficient (Wildman–Crippen LogP) is 0.920. The van der Waals surface area contributed by atoms with Gasteiger partial charge in [0.2, 0.25) is 5.91 Å². The van der Waals surface area contributed by atoms with Gasteiger partial charge in [-0.05, 0) is 37.6 Å². The second-order valence-electron chi connectivity index (χ2n) is 5.94. The van der Waals surface area contributed by atoms with Crippen LogP contribution >= 0.6 is 0 Å². The molecule has 1 aromatic rings. The van der Waals surface area contributed by atoms with Crippen LogP contribution in [-0.2, 0) is 9.59 Å². The minimum atomic E-state index is -0.872. The molecule has 0 bridgehead atoms. The molecule has 0 aliphatic carbocycles. The van der Waals surface area contributed by atoms with Gasteiger partial charge in [-0.2, -0.15) is 0 Å². The summed E-state index contributed by atoms with van der Waals surface area (Å²) in [6.07, 6.45) is 3.88. The van der Waals surface area contributed by atoms with Gasteiger partial charge < -0.3 is 15.7 Å². The van der Waals surface area contributed by atoms with Crippen molar-refractivity contribution in [2.75, 3.05) is 6.54 Å². The maximum Gasteiger partial charge on any atom is 0.237 e. The van der Waals surface area contributed by atoms with E-state index in [4.69, 9.17) is 0 Å². The largest absolute Gasteiger partial charge is 0.387 e. The second-order valence-corrected chi connectivity index (χ2v) is 5.94. The normalized spacial score (nSPS) is 22.3. The second kappa shape index (κ2) is 8.64. The molecule has 1 aliphatic heterocycles. The number of aliphatic hydroxyl groups excluding tert-OH is 1. The molecule has 0 aromatic heterocycles. The number of carbonyl (C=O) groups excluding carboxylic acids is 2. The number of rotatable bonds is 6. The van der Waals surface area contributed by atoms with Crippen LogP contribution in [0.3, 0.4) is 0 Å². The molecule has 1 aliphatic rings. The first-order chi connectivity index (χ1) is 11.9. The number of halogens is 1. The molecule has 7 heteroatoms. The van der Waals surface area contributed by atoms with E-state index in [1.165, 1.54) is 30.5 Å². The van der Waals surface area contributed by atoms with Crippen molar-refractivity contribution in [1.29, 1.82) is 0 Å². The van der Waals surface area contributed by atoms with Crippen molar-refractivity contribution >= 4 is 17.9 Å². The first-order valence-corrected chi connectivity index (χ1v) is 8.09. The number of carbonyl (C=O) groups is 2. The molecule has 1 heterocycles. The van der Waals surface area contributed by atoms with Crippen molar-refractivity contribution in [3.8, 4) is 0 Å². The lowest BCUT2D eigenvalue weighted by Gasteiger charge is -2.20.